The Morgan fingerprint density at radius 1 is 1.27 bits per heavy atom. The van der Waals surface area contributed by atoms with Gasteiger partial charge < -0.3 is 9.52 Å². The fourth-order valence-corrected chi connectivity index (χ4v) is 4.19. The Morgan fingerprint density at radius 2 is 2.05 bits per heavy atom. The Balaban J connectivity index is 2.05. The predicted octanol–water partition coefficient (Wildman–Crippen LogP) is 2.05. The van der Waals surface area contributed by atoms with E-state index >= 15 is 0 Å². The number of rotatable bonds is 3. The molecule has 1 N–H and O–H groups in total. The fourth-order valence-electron chi connectivity index (χ4n) is 2.63. The third-order valence-electron chi connectivity index (χ3n) is 3.61. The molecule has 2 heterocycles. The minimum absolute atomic E-state index is 0.0136. The van der Waals surface area contributed by atoms with Crippen LogP contribution in [-0.2, 0) is 10.0 Å². The normalized spacial score (nSPS) is 23.0. The van der Waals surface area contributed by atoms with Crippen LogP contribution in [0.1, 0.15) is 18.0 Å². The van der Waals surface area contributed by atoms with Gasteiger partial charge in [0.15, 0.2) is 0 Å². The molecule has 1 aromatic carbocycles. The Kier molecular flexibility index (Phi) is 3.75. The van der Waals surface area contributed by atoms with Gasteiger partial charge in [-0.15, -0.1) is 0 Å². The maximum atomic E-state index is 14.0. The topological polar surface area (TPSA) is 70.8 Å². The summed E-state index contributed by atoms with van der Waals surface area (Å²) in [6.07, 6.45) is 0.231. The highest BCUT2D eigenvalue weighted by Crippen LogP contribution is 2.38. The molecule has 5 nitrogen and oxygen atoms in total. The number of nitrogens with zero attached hydrogens (tertiary/aromatic N) is 1. The summed E-state index contributed by atoms with van der Waals surface area (Å²) in [5.74, 6) is -1.40. The molecule has 1 aromatic heterocycles. The molecular weight excluding hydrogens is 316 g/mol. The summed E-state index contributed by atoms with van der Waals surface area (Å²) in [4.78, 5) is 0. The van der Waals surface area contributed by atoms with Gasteiger partial charge in [0.2, 0.25) is 5.09 Å². The molecule has 0 saturated carbocycles. The molecule has 3 rings (SSSR count). The Morgan fingerprint density at radius 3 is 2.73 bits per heavy atom. The molecule has 1 aliphatic rings. The van der Waals surface area contributed by atoms with E-state index in [1.54, 1.807) is 0 Å². The van der Waals surface area contributed by atoms with E-state index in [1.807, 2.05) is 0 Å². The van der Waals surface area contributed by atoms with E-state index in [0.29, 0.717) is 0 Å². The molecule has 0 bridgehead atoms. The van der Waals surface area contributed by atoms with Crippen molar-refractivity contribution in [2.45, 2.75) is 23.7 Å². The Hall–Kier alpha value is -1.77. The van der Waals surface area contributed by atoms with Gasteiger partial charge in [-0.05, 0) is 36.8 Å². The summed E-state index contributed by atoms with van der Waals surface area (Å²) in [6.45, 7) is -0.205. The van der Waals surface area contributed by atoms with Crippen LogP contribution in [0.25, 0.3) is 0 Å². The van der Waals surface area contributed by atoms with Gasteiger partial charge in [0.05, 0.1) is 18.4 Å². The maximum Gasteiger partial charge on any atom is 0.277 e. The van der Waals surface area contributed by atoms with Gasteiger partial charge in [-0.2, -0.15) is 4.31 Å². The highest BCUT2D eigenvalue weighted by Gasteiger charge is 2.42. The second-order valence-electron chi connectivity index (χ2n) is 5.08. The first-order valence-electron chi connectivity index (χ1n) is 6.58. The molecule has 1 aliphatic heterocycles. The van der Waals surface area contributed by atoms with Gasteiger partial charge in [-0.1, -0.05) is 0 Å². The molecule has 2 aromatic rings. The summed E-state index contributed by atoms with van der Waals surface area (Å²) >= 11 is 0. The number of hydrogen-bond donors (Lipinski definition) is 1. The third kappa shape index (κ3) is 2.53. The zero-order valence-corrected chi connectivity index (χ0v) is 12.1. The lowest BCUT2D eigenvalue weighted by Crippen LogP contribution is -2.32. The van der Waals surface area contributed by atoms with Crippen molar-refractivity contribution >= 4 is 10.0 Å². The lowest BCUT2D eigenvalue weighted by molar-refractivity contribution is 0.188. The van der Waals surface area contributed by atoms with Crippen molar-refractivity contribution in [1.82, 2.24) is 4.31 Å². The molecule has 2 atom stereocenters. The van der Waals surface area contributed by atoms with Crippen molar-refractivity contribution in [3.05, 3.63) is 53.8 Å². The van der Waals surface area contributed by atoms with Crippen molar-refractivity contribution in [1.29, 1.82) is 0 Å². The standard InChI is InChI=1S/C14H13F2NO4S/c15-9-3-4-12(16)11(6-9)13-7-10(18)8-17(13)22(19,20)14-2-1-5-21-14/h1-6,10,13,18H,7-8H2. The molecule has 118 valence electrons. The van der Waals surface area contributed by atoms with Crippen LogP contribution in [0, 0.1) is 11.6 Å². The van der Waals surface area contributed by atoms with Gasteiger partial charge in [-0.3, -0.25) is 0 Å². The first-order chi connectivity index (χ1) is 10.4. The molecule has 22 heavy (non-hydrogen) atoms. The average molecular weight is 329 g/mol. The quantitative estimate of drug-likeness (QED) is 0.936. The zero-order chi connectivity index (χ0) is 15.9. The third-order valence-corrected chi connectivity index (χ3v) is 5.37. The highest BCUT2D eigenvalue weighted by molar-refractivity contribution is 7.89. The first kappa shape index (κ1) is 15.1. The molecule has 1 fully saturated rings. The molecule has 0 radical (unpaired) electrons. The van der Waals surface area contributed by atoms with Gasteiger partial charge in [-0.25, -0.2) is 17.2 Å². The van der Waals surface area contributed by atoms with Crippen LogP contribution in [0.4, 0.5) is 8.78 Å². The van der Waals surface area contributed by atoms with Crippen LogP contribution in [0.2, 0.25) is 0 Å². The highest BCUT2D eigenvalue weighted by atomic mass is 32.2. The van der Waals surface area contributed by atoms with E-state index < -0.39 is 33.8 Å². The van der Waals surface area contributed by atoms with Crippen molar-refractivity contribution in [2.75, 3.05) is 6.54 Å². The van der Waals surface area contributed by atoms with E-state index in [-0.39, 0.29) is 23.6 Å². The largest absolute Gasteiger partial charge is 0.452 e. The van der Waals surface area contributed by atoms with Gasteiger partial charge in [0, 0.05) is 12.1 Å². The number of aliphatic hydroxyl groups is 1. The van der Waals surface area contributed by atoms with E-state index in [9.17, 15) is 22.3 Å². The van der Waals surface area contributed by atoms with Crippen molar-refractivity contribution in [3.63, 3.8) is 0 Å². The minimum atomic E-state index is -4.04. The summed E-state index contributed by atoms with van der Waals surface area (Å²) in [6, 6.07) is 4.53. The van der Waals surface area contributed by atoms with Crippen LogP contribution in [-0.4, -0.2) is 30.5 Å². The van der Waals surface area contributed by atoms with Crippen LogP contribution in [0.15, 0.2) is 46.1 Å². The number of benzene rings is 1. The van der Waals surface area contributed by atoms with Crippen LogP contribution in [0.5, 0.6) is 0 Å². The van der Waals surface area contributed by atoms with Crippen LogP contribution in [0.3, 0.4) is 0 Å². The number of hydrogen-bond acceptors (Lipinski definition) is 4. The van der Waals surface area contributed by atoms with E-state index in [2.05, 4.69) is 0 Å². The molecule has 0 spiro atoms. The lowest BCUT2D eigenvalue weighted by Gasteiger charge is -2.23. The predicted molar refractivity (Wildman–Crippen MR) is 72.3 cm³/mol. The lowest BCUT2D eigenvalue weighted by atomic mass is 10.0. The summed E-state index contributed by atoms with van der Waals surface area (Å²) < 4.78 is 58.2. The van der Waals surface area contributed by atoms with Gasteiger partial charge in [0.1, 0.15) is 11.6 Å². The second-order valence-corrected chi connectivity index (χ2v) is 6.90. The fraction of sp³-hybridized carbons (Fsp3) is 0.286. The number of β-amino-alcohol motifs (C(OH)–C–C–N with tert-alkyl or cyclic N) is 1. The SMILES string of the molecule is O=S(=O)(c1ccco1)N1CC(O)CC1c1cc(F)ccc1F. The molecule has 1 saturated heterocycles. The molecular formula is C14H13F2NO4S. The van der Waals surface area contributed by atoms with Crippen molar-refractivity contribution < 1.29 is 26.7 Å². The van der Waals surface area contributed by atoms with Gasteiger partial charge in [0.25, 0.3) is 10.0 Å². The van der Waals surface area contributed by atoms with E-state index in [4.69, 9.17) is 4.42 Å². The number of sulfonamides is 1. The van der Waals surface area contributed by atoms with Crippen molar-refractivity contribution in [2.24, 2.45) is 0 Å². The smallest absolute Gasteiger partial charge is 0.277 e. The summed E-state index contributed by atoms with van der Waals surface area (Å²) in [5, 5.41) is 9.50. The number of aliphatic hydroxyl groups excluding tert-OH is 1. The Labute approximate surface area is 125 Å². The summed E-state index contributed by atoms with van der Waals surface area (Å²) in [5.41, 5.74) is -0.105. The summed E-state index contributed by atoms with van der Waals surface area (Å²) in [7, 11) is -4.04. The van der Waals surface area contributed by atoms with E-state index in [0.717, 1.165) is 22.5 Å². The molecule has 0 aliphatic carbocycles. The monoisotopic (exact) mass is 329 g/mol. The van der Waals surface area contributed by atoms with Gasteiger partial charge >= 0.3 is 0 Å². The molecule has 0 amide bonds. The second kappa shape index (κ2) is 5.45. The molecule has 2 unspecified atom stereocenters. The Bertz CT molecular complexity index is 776. The maximum absolute atomic E-state index is 14.0. The van der Waals surface area contributed by atoms with Crippen LogP contribution >= 0.6 is 0 Å². The molecule has 8 heteroatoms. The average Bonchev–Trinajstić information content (AvgIpc) is 3.11. The number of halogens is 2. The van der Waals surface area contributed by atoms with Crippen LogP contribution < -0.4 is 0 Å². The van der Waals surface area contributed by atoms with Crippen molar-refractivity contribution in [3.8, 4) is 0 Å². The number of furan rings is 1. The van der Waals surface area contributed by atoms with E-state index in [1.165, 1.54) is 18.4 Å². The minimum Gasteiger partial charge on any atom is -0.452 e. The first-order valence-corrected chi connectivity index (χ1v) is 8.02. The zero-order valence-electron chi connectivity index (χ0n) is 11.3.